The van der Waals surface area contributed by atoms with Gasteiger partial charge in [-0.3, -0.25) is 0 Å². The van der Waals surface area contributed by atoms with Crippen molar-refractivity contribution in [2.75, 3.05) is 0 Å². The van der Waals surface area contributed by atoms with Crippen molar-refractivity contribution in [2.45, 2.75) is 70.1 Å². The van der Waals surface area contributed by atoms with Crippen LogP contribution in [-0.4, -0.2) is 23.7 Å². The maximum absolute atomic E-state index is 14.6. The maximum Gasteiger partial charge on any atom is 0.257 e. The van der Waals surface area contributed by atoms with Crippen molar-refractivity contribution in [1.82, 2.24) is 0 Å². The highest BCUT2D eigenvalue weighted by Gasteiger charge is 2.64. The fraction of sp³-hybridized carbons (Fsp3) is 1.00. The van der Waals surface area contributed by atoms with Gasteiger partial charge in [-0.25, -0.2) is 17.6 Å². The summed E-state index contributed by atoms with van der Waals surface area (Å²) >= 11 is 0. The predicted molar refractivity (Wildman–Crippen MR) is 75.9 cm³/mol. The van der Waals surface area contributed by atoms with E-state index in [1.165, 1.54) is 0 Å². The second-order valence-corrected chi connectivity index (χ2v) is 7.36. The van der Waals surface area contributed by atoms with Crippen LogP contribution in [0.5, 0.6) is 0 Å². The molecule has 0 radical (unpaired) electrons. The lowest BCUT2D eigenvalue weighted by atomic mass is 9.74. The first kappa shape index (κ1) is 17.0. The third-order valence-electron chi connectivity index (χ3n) is 6.13. The molecule has 0 bridgehead atoms. The summed E-state index contributed by atoms with van der Waals surface area (Å²) in [5, 5.41) is 0. The highest BCUT2D eigenvalue weighted by atomic mass is 19.3. The van der Waals surface area contributed by atoms with E-state index in [4.69, 9.17) is 0 Å². The SMILES string of the molecule is CC1CCC(C2CC3CCC(F)C(F)C3C2(F)F)CC1.O.[HH]. The minimum Gasteiger partial charge on any atom is -0.412 e. The topological polar surface area (TPSA) is 31.5 Å². The van der Waals surface area contributed by atoms with Crippen LogP contribution in [0.1, 0.15) is 53.3 Å². The molecule has 3 aliphatic rings. The van der Waals surface area contributed by atoms with Crippen LogP contribution in [0.15, 0.2) is 0 Å². The second kappa shape index (κ2) is 6.05. The summed E-state index contributed by atoms with van der Waals surface area (Å²) < 4.78 is 56.7. The lowest BCUT2D eigenvalue weighted by Crippen LogP contribution is -2.45. The molecule has 0 aromatic heterocycles. The van der Waals surface area contributed by atoms with Crippen molar-refractivity contribution < 1.29 is 24.5 Å². The largest absolute Gasteiger partial charge is 0.412 e. The summed E-state index contributed by atoms with van der Waals surface area (Å²) in [5.74, 6) is -4.77. The van der Waals surface area contributed by atoms with Gasteiger partial charge in [0, 0.05) is 7.34 Å². The fourth-order valence-electron chi connectivity index (χ4n) is 4.91. The van der Waals surface area contributed by atoms with Crippen molar-refractivity contribution in [3.63, 3.8) is 0 Å². The predicted octanol–water partition coefficient (Wildman–Crippen LogP) is 4.59. The molecule has 2 N–H and O–H groups in total. The molecular weight excluding hydrogens is 284 g/mol. The number of fused-ring (bicyclic) bond motifs is 1. The minimum absolute atomic E-state index is 0. The van der Waals surface area contributed by atoms with Crippen LogP contribution in [0, 0.1) is 29.6 Å². The molecule has 3 saturated carbocycles. The zero-order valence-corrected chi connectivity index (χ0v) is 12.5. The summed E-state index contributed by atoms with van der Waals surface area (Å²) in [6.45, 7) is 2.16. The van der Waals surface area contributed by atoms with Crippen molar-refractivity contribution in [3.8, 4) is 0 Å². The molecule has 5 heteroatoms. The Morgan fingerprint density at radius 3 is 2.10 bits per heavy atom. The third-order valence-corrected chi connectivity index (χ3v) is 6.13. The Morgan fingerprint density at radius 1 is 0.905 bits per heavy atom. The molecule has 126 valence electrons. The van der Waals surface area contributed by atoms with E-state index in [-0.39, 0.29) is 25.2 Å². The van der Waals surface area contributed by atoms with E-state index in [1.54, 1.807) is 0 Å². The monoisotopic (exact) mass is 312 g/mol. The first-order valence-electron chi connectivity index (χ1n) is 8.07. The normalized spacial score (nSPS) is 49.3. The number of hydrogen-bond acceptors (Lipinski definition) is 0. The summed E-state index contributed by atoms with van der Waals surface area (Å²) in [7, 11) is 0. The molecular formula is C16H28F4O. The number of halogens is 4. The number of alkyl halides is 4. The average molecular weight is 312 g/mol. The van der Waals surface area contributed by atoms with E-state index >= 15 is 0 Å². The van der Waals surface area contributed by atoms with Gasteiger partial charge in [0.1, 0.15) is 12.3 Å². The standard InChI is InChI=1S/C16H24F4.H2O.H2/c1-9-2-4-10(5-3-9)12-8-11-6-7-13(17)15(18)14(11)16(12,19)20;;/h9-15H,2-8H2,1H3;1H2;1H. The molecule has 0 saturated heterocycles. The molecule has 3 rings (SSSR count). The number of hydrogen-bond donors (Lipinski definition) is 0. The lowest BCUT2D eigenvalue weighted by molar-refractivity contribution is -0.139. The molecule has 21 heavy (non-hydrogen) atoms. The number of rotatable bonds is 1. The van der Waals surface area contributed by atoms with Gasteiger partial charge in [-0.1, -0.05) is 19.8 Å². The van der Waals surface area contributed by atoms with Crippen LogP contribution in [0.25, 0.3) is 0 Å². The van der Waals surface area contributed by atoms with Crippen LogP contribution >= 0.6 is 0 Å². The molecule has 3 aliphatic carbocycles. The molecule has 3 fully saturated rings. The van der Waals surface area contributed by atoms with Gasteiger partial charge in [0.05, 0.1) is 5.92 Å². The van der Waals surface area contributed by atoms with Gasteiger partial charge in [0.25, 0.3) is 5.92 Å². The molecule has 1 nitrogen and oxygen atoms in total. The second-order valence-electron chi connectivity index (χ2n) is 7.36. The van der Waals surface area contributed by atoms with E-state index in [2.05, 4.69) is 6.92 Å². The third kappa shape index (κ3) is 2.82. The van der Waals surface area contributed by atoms with E-state index in [9.17, 15) is 17.6 Å². The molecule has 0 spiro atoms. The zero-order chi connectivity index (χ0) is 14.5. The molecule has 0 aromatic carbocycles. The van der Waals surface area contributed by atoms with Crippen LogP contribution in [0.2, 0.25) is 0 Å². The van der Waals surface area contributed by atoms with E-state index < -0.39 is 30.1 Å². The van der Waals surface area contributed by atoms with Crippen molar-refractivity contribution >= 4 is 0 Å². The maximum atomic E-state index is 14.6. The summed E-state index contributed by atoms with van der Waals surface area (Å²) in [6.07, 6.45) is 0.962. The van der Waals surface area contributed by atoms with Gasteiger partial charge in [-0.2, -0.15) is 0 Å². The summed E-state index contributed by atoms with van der Waals surface area (Å²) in [4.78, 5) is 0. The van der Waals surface area contributed by atoms with Gasteiger partial charge in [-0.15, -0.1) is 0 Å². The first-order chi connectivity index (χ1) is 9.41. The van der Waals surface area contributed by atoms with Gasteiger partial charge >= 0.3 is 0 Å². The Labute approximate surface area is 125 Å². The van der Waals surface area contributed by atoms with Crippen LogP contribution in [0.4, 0.5) is 17.6 Å². The molecule has 5 unspecified atom stereocenters. The zero-order valence-electron chi connectivity index (χ0n) is 12.5. The summed E-state index contributed by atoms with van der Waals surface area (Å²) in [6, 6.07) is 0. The fourth-order valence-corrected chi connectivity index (χ4v) is 4.91. The highest BCUT2D eigenvalue weighted by Crippen LogP contribution is 2.59. The Balaban J connectivity index is 0.00000121. The van der Waals surface area contributed by atoms with Gasteiger partial charge < -0.3 is 5.48 Å². The average Bonchev–Trinajstić information content (AvgIpc) is 2.67. The molecule has 0 heterocycles. The van der Waals surface area contributed by atoms with Crippen LogP contribution < -0.4 is 0 Å². The Kier molecular flexibility index (Phi) is 4.91. The summed E-state index contributed by atoms with van der Waals surface area (Å²) in [5.41, 5.74) is 0. The van der Waals surface area contributed by atoms with E-state index in [1.807, 2.05) is 0 Å². The van der Waals surface area contributed by atoms with Crippen LogP contribution in [-0.2, 0) is 0 Å². The molecule has 0 aromatic rings. The van der Waals surface area contributed by atoms with Crippen molar-refractivity contribution in [2.24, 2.45) is 29.6 Å². The van der Waals surface area contributed by atoms with Gasteiger partial charge in [0.2, 0.25) is 0 Å². The van der Waals surface area contributed by atoms with E-state index in [0.717, 1.165) is 25.7 Å². The quantitative estimate of drug-likeness (QED) is 0.634. The van der Waals surface area contributed by atoms with Crippen molar-refractivity contribution in [3.05, 3.63) is 0 Å². The molecule has 0 aliphatic heterocycles. The first-order valence-corrected chi connectivity index (χ1v) is 8.07. The molecule has 0 amide bonds. The molecule has 5 atom stereocenters. The lowest BCUT2D eigenvalue weighted by Gasteiger charge is -2.37. The van der Waals surface area contributed by atoms with Gasteiger partial charge in [-0.05, 0) is 49.9 Å². The smallest absolute Gasteiger partial charge is 0.257 e. The Morgan fingerprint density at radius 2 is 1.48 bits per heavy atom. The Bertz CT molecular complexity index is 360. The van der Waals surface area contributed by atoms with Gasteiger partial charge in [0.15, 0.2) is 0 Å². The van der Waals surface area contributed by atoms with Crippen LogP contribution in [0.3, 0.4) is 0 Å². The highest BCUT2D eigenvalue weighted by molar-refractivity contribution is 5.06. The minimum atomic E-state index is -3.01. The Hall–Kier alpha value is -0.320. The van der Waals surface area contributed by atoms with Crippen molar-refractivity contribution in [1.29, 1.82) is 0 Å². The van der Waals surface area contributed by atoms with E-state index in [0.29, 0.717) is 18.8 Å².